The third-order valence-corrected chi connectivity index (χ3v) is 7.73. The van der Waals surface area contributed by atoms with E-state index in [-0.39, 0.29) is 17.3 Å². The van der Waals surface area contributed by atoms with E-state index in [1.54, 1.807) is 5.57 Å². The van der Waals surface area contributed by atoms with Crippen LogP contribution in [0.3, 0.4) is 0 Å². The first kappa shape index (κ1) is 17.0. The Kier molecular flexibility index (Phi) is 4.37. The van der Waals surface area contributed by atoms with Crippen LogP contribution in [-0.2, 0) is 9.53 Å². The first-order valence-corrected chi connectivity index (χ1v) is 9.32. The number of hydrogen-bond acceptors (Lipinski definition) is 3. The molecule has 0 amide bonds. The Morgan fingerprint density at radius 2 is 2.09 bits per heavy atom. The van der Waals surface area contributed by atoms with Crippen molar-refractivity contribution in [3.63, 3.8) is 0 Å². The molecule has 0 aromatic rings. The van der Waals surface area contributed by atoms with Gasteiger partial charge in [-0.1, -0.05) is 32.4 Å². The molecule has 1 aliphatic heterocycles. The molecule has 0 bridgehead atoms. The Morgan fingerprint density at radius 1 is 1.35 bits per heavy atom. The molecule has 3 heteroatoms. The number of esters is 1. The summed E-state index contributed by atoms with van der Waals surface area (Å²) < 4.78 is 4.92. The Balaban J connectivity index is 1.78. The summed E-state index contributed by atoms with van der Waals surface area (Å²) in [4.78, 5) is 11.4. The van der Waals surface area contributed by atoms with Crippen LogP contribution >= 0.6 is 0 Å². The van der Waals surface area contributed by atoms with Gasteiger partial charge in [-0.3, -0.25) is 4.79 Å². The van der Waals surface area contributed by atoms with Gasteiger partial charge in [0.05, 0.1) is 6.42 Å². The first-order valence-electron chi connectivity index (χ1n) is 9.32. The average Bonchev–Trinajstić information content (AvgIpc) is 2.82. The van der Waals surface area contributed by atoms with Crippen LogP contribution in [0.5, 0.6) is 0 Å². The van der Waals surface area contributed by atoms with Gasteiger partial charge >= 0.3 is 5.97 Å². The lowest BCUT2D eigenvalue weighted by Gasteiger charge is -2.58. The van der Waals surface area contributed by atoms with Crippen molar-refractivity contribution in [1.29, 1.82) is 0 Å². The molecule has 3 nitrogen and oxygen atoms in total. The zero-order chi connectivity index (χ0) is 16.8. The van der Waals surface area contributed by atoms with E-state index in [0.717, 1.165) is 12.8 Å². The quantitative estimate of drug-likeness (QED) is 0.617. The molecule has 1 saturated carbocycles. The maximum Gasteiger partial charge on any atom is 0.308 e. The monoisotopic (exact) mass is 320 g/mol. The number of aliphatic hydroxyl groups excluding tert-OH is 1. The van der Waals surface area contributed by atoms with Crippen molar-refractivity contribution < 1.29 is 14.6 Å². The molecule has 3 rings (SSSR count). The molecule has 2 fully saturated rings. The molecule has 0 spiro atoms. The minimum atomic E-state index is -0.885. The number of carbonyl (C=O) groups is 1. The fourth-order valence-corrected chi connectivity index (χ4v) is 5.67. The van der Waals surface area contributed by atoms with E-state index in [0.29, 0.717) is 23.7 Å². The van der Waals surface area contributed by atoms with Gasteiger partial charge in [-0.2, -0.15) is 0 Å². The molecule has 0 aromatic heterocycles. The molecule has 6 atom stereocenters. The predicted molar refractivity (Wildman–Crippen MR) is 90.5 cm³/mol. The van der Waals surface area contributed by atoms with Crippen LogP contribution in [0.2, 0.25) is 0 Å². The Labute approximate surface area is 140 Å². The van der Waals surface area contributed by atoms with Crippen molar-refractivity contribution in [1.82, 2.24) is 0 Å². The Hall–Kier alpha value is -0.830. The van der Waals surface area contributed by atoms with Crippen molar-refractivity contribution in [3.8, 4) is 0 Å². The van der Waals surface area contributed by atoms with E-state index in [2.05, 4.69) is 33.8 Å². The van der Waals surface area contributed by atoms with Gasteiger partial charge in [-0.15, -0.1) is 0 Å². The fraction of sp³-hybridized carbons (Fsp3) is 0.850. The number of hydrogen-bond donors (Lipinski definition) is 1. The number of fused-ring (bicyclic) bond motifs is 1. The lowest BCUT2D eigenvalue weighted by atomic mass is 9.47. The highest BCUT2D eigenvalue weighted by Gasteiger charge is 2.53. The number of rotatable bonds is 3. The standard InChI is InChI=1S/C20H32O3/c1-13-6-5-7-16-19(13,3)10-8-14(2)20(16,4)11-9-15-12-17(21)23-18(15)22/h6,14-16,18,22H,5,7-12H2,1-4H3/t14-,15-,16-,18-,19+,20+/m1/s1. The summed E-state index contributed by atoms with van der Waals surface area (Å²) in [7, 11) is 0. The van der Waals surface area contributed by atoms with E-state index >= 15 is 0 Å². The normalized spacial score (nSPS) is 47.0. The smallest absolute Gasteiger partial charge is 0.308 e. The molecule has 130 valence electrons. The zero-order valence-corrected chi connectivity index (χ0v) is 15.1. The summed E-state index contributed by atoms with van der Waals surface area (Å²) in [5.41, 5.74) is 2.19. The third-order valence-electron chi connectivity index (χ3n) is 7.73. The van der Waals surface area contributed by atoms with Gasteiger partial charge in [0.25, 0.3) is 0 Å². The van der Waals surface area contributed by atoms with E-state index in [4.69, 9.17) is 4.74 Å². The minimum absolute atomic E-state index is 0.0139. The summed E-state index contributed by atoms with van der Waals surface area (Å²) in [6.07, 6.45) is 8.96. The molecule has 1 N–H and O–H groups in total. The van der Waals surface area contributed by atoms with Crippen LogP contribution in [0.4, 0.5) is 0 Å². The largest absolute Gasteiger partial charge is 0.436 e. The average molecular weight is 320 g/mol. The summed E-state index contributed by atoms with van der Waals surface area (Å²) in [5, 5.41) is 9.91. The van der Waals surface area contributed by atoms with Crippen LogP contribution in [0.25, 0.3) is 0 Å². The number of ether oxygens (including phenoxy) is 1. The molecule has 0 unspecified atom stereocenters. The van der Waals surface area contributed by atoms with Gasteiger partial charge in [0, 0.05) is 5.92 Å². The second kappa shape index (κ2) is 5.91. The minimum Gasteiger partial charge on any atom is -0.436 e. The number of cyclic esters (lactones) is 1. The van der Waals surface area contributed by atoms with Crippen molar-refractivity contribution >= 4 is 5.97 Å². The number of allylic oxidation sites excluding steroid dienone is 2. The molecule has 2 aliphatic carbocycles. The highest BCUT2D eigenvalue weighted by atomic mass is 16.6. The Morgan fingerprint density at radius 3 is 2.74 bits per heavy atom. The van der Waals surface area contributed by atoms with Crippen molar-refractivity contribution in [2.45, 2.75) is 78.9 Å². The van der Waals surface area contributed by atoms with E-state index in [1.165, 1.54) is 25.7 Å². The molecule has 1 heterocycles. The molecule has 1 saturated heterocycles. The van der Waals surface area contributed by atoms with Crippen LogP contribution in [-0.4, -0.2) is 17.4 Å². The third kappa shape index (κ3) is 2.75. The highest BCUT2D eigenvalue weighted by Crippen LogP contribution is 2.62. The van der Waals surface area contributed by atoms with Crippen LogP contribution in [0, 0.1) is 28.6 Å². The topological polar surface area (TPSA) is 46.5 Å². The van der Waals surface area contributed by atoms with Crippen LogP contribution in [0.1, 0.15) is 72.6 Å². The zero-order valence-electron chi connectivity index (χ0n) is 15.1. The molecule has 0 aromatic carbocycles. The summed E-state index contributed by atoms with van der Waals surface area (Å²) in [5.74, 6) is 1.14. The fourth-order valence-electron chi connectivity index (χ4n) is 5.67. The van der Waals surface area contributed by atoms with Gasteiger partial charge in [-0.05, 0) is 68.1 Å². The maximum absolute atomic E-state index is 11.4. The predicted octanol–water partition coefficient (Wildman–Crippen LogP) is 4.45. The lowest BCUT2D eigenvalue weighted by molar-refractivity contribution is -0.156. The summed E-state index contributed by atoms with van der Waals surface area (Å²) in [6, 6.07) is 0. The molecular weight excluding hydrogens is 288 g/mol. The van der Waals surface area contributed by atoms with E-state index in [9.17, 15) is 9.90 Å². The van der Waals surface area contributed by atoms with Gasteiger partial charge in [0.1, 0.15) is 0 Å². The van der Waals surface area contributed by atoms with Crippen LogP contribution < -0.4 is 0 Å². The first-order chi connectivity index (χ1) is 10.8. The molecule has 3 aliphatic rings. The van der Waals surface area contributed by atoms with Crippen molar-refractivity contribution in [3.05, 3.63) is 11.6 Å². The van der Waals surface area contributed by atoms with Gasteiger partial charge in [-0.25, -0.2) is 0 Å². The van der Waals surface area contributed by atoms with E-state index in [1.807, 2.05) is 0 Å². The maximum atomic E-state index is 11.4. The van der Waals surface area contributed by atoms with Gasteiger partial charge in [0.2, 0.25) is 6.29 Å². The Bertz CT molecular complexity index is 511. The molecule has 23 heavy (non-hydrogen) atoms. The molecule has 0 radical (unpaired) electrons. The summed E-state index contributed by atoms with van der Waals surface area (Å²) in [6.45, 7) is 9.64. The van der Waals surface area contributed by atoms with Gasteiger partial charge < -0.3 is 9.84 Å². The second-order valence-electron chi connectivity index (χ2n) is 8.76. The summed E-state index contributed by atoms with van der Waals surface area (Å²) >= 11 is 0. The van der Waals surface area contributed by atoms with Gasteiger partial charge in [0.15, 0.2) is 0 Å². The lowest BCUT2D eigenvalue weighted by Crippen LogP contribution is -2.49. The van der Waals surface area contributed by atoms with Crippen LogP contribution in [0.15, 0.2) is 11.6 Å². The second-order valence-corrected chi connectivity index (χ2v) is 8.76. The highest BCUT2D eigenvalue weighted by molar-refractivity contribution is 5.71. The van der Waals surface area contributed by atoms with Crippen molar-refractivity contribution in [2.24, 2.45) is 28.6 Å². The number of aliphatic hydroxyl groups is 1. The molecular formula is C20H32O3. The van der Waals surface area contributed by atoms with Crippen molar-refractivity contribution in [2.75, 3.05) is 0 Å². The number of carbonyl (C=O) groups excluding carboxylic acids is 1. The van der Waals surface area contributed by atoms with E-state index < -0.39 is 6.29 Å². The SMILES string of the molecule is CC1=CCC[C@H]2[C@@](C)(CC[C@@H]3CC(=O)O[C@H]3O)[C@H](C)CC[C@@]12C.